The summed E-state index contributed by atoms with van der Waals surface area (Å²) in [5.41, 5.74) is 3.74. The average Bonchev–Trinajstić information content (AvgIpc) is 2.73. The van der Waals surface area contributed by atoms with Gasteiger partial charge in [-0.3, -0.25) is 9.59 Å². The Labute approximate surface area is 182 Å². The average molecular weight is 511 g/mol. The minimum absolute atomic E-state index is 0.0167. The number of carbonyl (C=O) groups excluding carboxylic acids is 2. The van der Waals surface area contributed by atoms with E-state index in [9.17, 15) is 9.59 Å². The normalized spacial score (nSPS) is 10.5. The van der Waals surface area contributed by atoms with Crippen LogP contribution in [0.1, 0.15) is 18.4 Å². The molecule has 0 aliphatic rings. The fraction of sp³-hybridized carbons (Fsp3) is 0.250. The molecular formula is C20H22IN3O5. The summed E-state index contributed by atoms with van der Waals surface area (Å²) >= 11 is 2.18. The number of anilines is 1. The first-order chi connectivity index (χ1) is 14.0. The molecule has 29 heavy (non-hydrogen) atoms. The molecular weight excluding hydrogens is 489 g/mol. The van der Waals surface area contributed by atoms with E-state index in [0.717, 1.165) is 3.57 Å². The first-order valence-electron chi connectivity index (χ1n) is 8.64. The molecule has 2 aromatic carbocycles. The van der Waals surface area contributed by atoms with Gasteiger partial charge in [-0.05, 0) is 59.0 Å². The van der Waals surface area contributed by atoms with E-state index in [1.165, 1.54) is 27.5 Å². The molecule has 8 nitrogen and oxygen atoms in total. The van der Waals surface area contributed by atoms with Crippen molar-refractivity contribution in [1.29, 1.82) is 0 Å². The number of hydrazone groups is 1. The molecule has 0 fully saturated rings. The van der Waals surface area contributed by atoms with E-state index < -0.39 is 0 Å². The maximum atomic E-state index is 11.9. The van der Waals surface area contributed by atoms with E-state index in [-0.39, 0.29) is 24.7 Å². The second kappa shape index (κ2) is 11.2. The SMILES string of the molecule is COc1cc(C=NNC(=O)CCC(=O)Nc2ccc(I)cc2)cc(OC)c1OC. The van der Waals surface area contributed by atoms with Gasteiger partial charge in [-0.2, -0.15) is 5.10 Å². The number of rotatable bonds is 9. The highest BCUT2D eigenvalue weighted by Crippen LogP contribution is 2.37. The quantitative estimate of drug-likeness (QED) is 0.306. The molecule has 0 saturated carbocycles. The maximum absolute atomic E-state index is 11.9. The van der Waals surface area contributed by atoms with Crippen molar-refractivity contribution in [1.82, 2.24) is 5.43 Å². The largest absolute Gasteiger partial charge is 0.493 e. The van der Waals surface area contributed by atoms with Crippen molar-refractivity contribution in [3.05, 3.63) is 45.5 Å². The standard InChI is InChI=1S/C20H22IN3O5/c1-27-16-10-13(11-17(28-2)20(16)29-3)12-22-24-19(26)9-8-18(25)23-15-6-4-14(21)5-7-15/h4-7,10-12H,8-9H2,1-3H3,(H,23,25)(H,24,26). The molecule has 2 rings (SSSR count). The lowest BCUT2D eigenvalue weighted by Crippen LogP contribution is -2.20. The monoisotopic (exact) mass is 511 g/mol. The first kappa shape index (κ1) is 22.5. The number of carbonyl (C=O) groups is 2. The van der Waals surface area contributed by atoms with E-state index in [4.69, 9.17) is 14.2 Å². The van der Waals surface area contributed by atoms with Gasteiger partial charge in [-0.15, -0.1) is 0 Å². The molecule has 2 aromatic rings. The number of hydrogen-bond acceptors (Lipinski definition) is 6. The lowest BCUT2D eigenvalue weighted by Gasteiger charge is -2.12. The van der Waals surface area contributed by atoms with Gasteiger partial charge in [0, 0.05) is 27.7 Å². The van der Waals surface area contributed by atoms with Crippen LogP contribution in [0.25, 0.3) is 0 Å². The van der Waals surface area contributed by atoms with E-state index in [1.54, 1.807) is 24.3 Å². The van der Waals surface area contributed by atoms with Gasteiger partial charge >= 0.3 is 0 Å². The Kier molecular flexibility index (Phi) is 8.71. The molecule has 0 aromatic heterocycles. The van der Waals surface area contributed by atoms with Gasteiger partial charge in [0.15, 0.2) is 11.5 Å². The van der Waals surface area contributed by atoms with Crippen LogP contribution in [0.4, 0.5) is 5.69 Å². The minimum atomic E-state index is -0.369. The number of nitrogens with zero attached hydrogens (tertiary/aromatic N) is 1. The van der Waals surface area contributed by atoms with Crippen molar-refractivity contribution in [2.45, 2.75) is 12.8 Å². The van der Waals surface area contributed by atoms with Crippen LogP contribution in [-0.4, -0.2) is 39.4 Å². The molecule has 0 spiro atoms. The van der Waals surface area contributed by atoms with Crippen LogP contribution in [-0.2, 0) is 9.59 Å². The van der Waals surface area contributed by atoms with Crippen molar-refractivity contribution >= 4 is 46.3 Å². The van der Waals surface area contributed by atoms with Crippen LogP contribution in [0.2, 0.25) is 0 Å². The number of ether oxygens (including phenoxy) is 3. The number of benzene rings is 2. The van der Waals surface area contributed by atoms with Crippen molar-refractivity contribution in [2.75, 3.05) is 26.6 Å². The molecule has 9 heteroatoms. The molecule has 0 unspecified atom stereocenters. The van der Waals surface area contributed by atoms with Crippen molar-refractivity contribution < 1.29 is 23.8 Å². The number of methoxy groups -OCH3 is 3. The molecule has 0 saturated heterocycles. The van der Waals surface area contributed by atoms with Crippen molar-refractivity contribution in [2.24, 2.45) is 5.10 Å². The Morgan fingerprint density at radius 3 is 2.10 bits per heavy atom. The van der Waals surface area contributed by atoms with Crippen LogP contribution < -0.4 is 25.0 Å². The van der Waals surface area contributed by atoms with Gasteiger partial charge in [0.05, 0.1) is 27.5 Å². The second-order valence-corrected chi connectivity index (χ2v) is 7.05. The van der Waals surface area contributed by atoms with Gasteiger partial charge < -0.3 is 19.5 Å². The number of nitrogens with one attached hydrogen (secondary N) is 2. The summed E-state index contributed by atoms with van der Waals surface area (Å²) in [4.78, 5) is 23.8. The molecule has 0 heterocycles. The zero-order valence-electron chi connectivity index (χ0n) is 16.3. The van der Waals surface area contributed by atoms with Crippen LogP contribution in [0, 0.1) is 3.57 Å². The zero-order valence-corrected chi connectivity index (χ0v) is 18.5. The summed E-state index contributed by atoms with van der Waals surface area (Å²) in [7, 11) is 4.55. The highest BCUT2D eigenvalue weighted by Gasteiger charge is 2.12. The molecule has 2 N–H and O–H groups in total. The molecule has 0 atom stereocenters. The highest BCUT2D eigenvalue weighted by atomic mass is 127. The Balaban J connectivity index is 1.86. The highest BCUT2D eigenvalue weighted by molar-refractivity contribution is 14.1. The minimum Gasteiger partial charge on any atom is -0.493 e. The first-order valence-corrected chi connectivity index (χ1v) is 9.72. The Bertz CT molecular complexity index is 859. The molecule has 0 aliphatic heterocycles. The van der Waals surface area contributed by atoms with Gasteiger partial charge in [-0.25, -0.2) is 5.43 Å². The molecule has 0 bridgehead atoms. The van der Waals surface area contributed by atoms with Crippen LogP contribution in [0.5, 0.6) is 17.2 Å². The smallest absolute Gasteiger partial charge is 0.240 e. The number of hydrogen-bond donors (Lipinski definition) is 2. The van der Waals surface area contributed by atoms with Crippen LogP contribution in [0.15, 0.2) is 41.5 Å². The predicted octanol–water partition coefficient (Wildman–Crippen LogP) is 3.19. The molecule has 154 valence electrons. The topological polar surface area (TPSA) is 98.2 Å². The Hall–Kier alpha value is -2.82. The van der Waals surface area contributed by atoms with E-state index >= 15 is 0 Å². The van der Waals surface area contributed by atoms with Crippen molar-refractivity contribution in [3.8, 4) is 17.2 Å². The van der Waals surface area contributed by atoms with Gasteiger partial charge in [0.25, 0.3) is 0 Å². The Morgan fingerprint density at radius 2 is 1.55 bits per heavy atom. The second-order valence-electron chi connectivity index (χ2n) is 5.81. The number of amides is 2. The zero-order chi connectivity index (χ0) is 21.2. The third-order valence-electron chi connectivity index (χ3n) is 3.80. The summed E-state index contributed by atoms with van der Waals surface area (Å²) in [6.07, 6.45) is 1.52. The van der Waals surface area contributed by atoms with Crippen LogP contribution >= 0.6 is 22.6 Å². The van der Waals surface area contributed by atoms with E-state index in [0.29, 0.717) is 28.5 Å². The van der Waals surface area contributed by atoms with Gasteiger partial charge in [-0.1, -0.05) is 0 Å². The van der Waals surface area contributed by atoms with E-state index in [1.807, 2.05) is 12.1 Å². The molecule has 2 amide bonds. The Morgan fingerprint density at radius 1 is 0.966 bits per heavy atom. The predicted molar refractivity (Wildman–Crippen MR) is 119 cm³/mol. The summed E-state index contributed by atoms with van der Waals surface area (Å²) in [6, 6.07) is 10.8. The van der Waals surface area contributed by atoms with E-state index in [2.05, 4.69) is 38.4 Å². The molecule has 0 aliphatic carbocycles. The summed E-state index contributed by atoms with van der Waals surface area (Å²) in [5.74, 6) is 0.815. The van der Waals surface area contributed by atoms with Gasteiger partial charge in [0.1, 0.15) is 0 Å². The third kappa shape index (κ3) is 6.93. The van der Waals surface area contributed by atoms with Gasteiger partial charge in [0.2, 0.25) is 17.6 Å². The fourth-order valence-electron chi connectivity index (χ4n) is 2.39. The number of halogens is 1. The lowest BCUT2D eigenvalue weighted by molar-refractivity contribution is -0.124. The third-order valence-corrected chi connectivity index (χ3v) is 4.52. The summed E-state index contributed by atoms with van der Waals surface area (Å²) in [5, 5.41) is 6.65. The summed E-state index contributed by atoms with van der Waals surface area (Å²) < 4.78 is 16.9. The maximum Gasteiger partial charge on any atom is 0.240 e. The van der Waals surface area contributed by atoms with Crippen LogP contribution in [0.3, 0.4) is 0 Å². The lowest BCUT2D eigenvalue weighted by atomic mass is 10.2. The van der Waals surface area contributed by atoms with Crippen molar-refractivity contribution in [3.63, 3.8) is 0 Å². The summed E-state index contributed by atoms with van der Waals surface area (Å²) in [6.45, 7) is 0. The fourth-order valence-corrected chi connectivity index (χ4v) is 2.75. The molecule has 0 radical (unpaired) electrons.